The van der Waals surface area contributed by atoms with E-state index in [4.69, 9.17) is 0 Å². The molecular weight excluding hydrogens is 316 g/mol. The van der Waals surface area contributed by atoms with Gasteiger partial charge < -0.3 is 10.4 Å². The van der Waals surface area contributed by atoms with Gasteiger partial charge in [0, 0.05) is 12.5 Å². The molecule has 1 amide bonds. The van der Waals surface area contributed by atoms with Gasteiger partial charge in [-0.3, -0.25) is 4.79 Å². The molecule has 2 aromatic carbocycles. The summed E-state index contributed by atoms with van der Waals surface area (Å²) in [7, 11) is 0. The zero-order valence-electron chi connectivity index (χ0n) is 13.1. The van der Waals surface area contributed by atoms with Crippen molar-refractivity contribution in [3.63, 3.8) is 0 Å². The first-order chi connectivity index (χ1) is 11.3. The van der Waals surface area contributed by atoms with E-state index < -0.39 is 29.6 Å². The van der Waals surface area contributed by atoms with Gasteiger partial charge in [-0.1, -0.05) is 35.9 Å². The van der Waals surface area contributed by atoms with Gasteiger partial charge in [0.05, 0.1) is 6.42 Å². The zero-order valence-corrected chi connectivity index (χ0v) is 13.1. The smallest absolute Gasteiger partial charge is 0.326 e. The van der Waals surface area contributed by atoms with Crippen molar-refractivity contribution in [1.29, 1.82) is 0 Å². The Morgan fingerprint density at radius 2 is 1.79 bits per heavy atom. The van der Waals surface area contributed by atoms with E-state index in [1.165, 1.54) is 6.07 Å². The summed E-state index contributed by atoms with van der Waals surface area (Å²) in [5, 5.41) is 11.6. The molecule has 0 spiro atoms. The minimum atomic E-state index is -1.18. The Kier molecular flexibility index (Phi) is 5.63. The molecule has 24 heavy (non-hydrogen) atoms. The molecule has 0 heterocycles. The average molecular weight is 333 g/mol. The van der Waals surface area contributed by atoms with Crippen LogP contribution in [0.3, 0.4) is 0 Å². The van der Waals surface area contributed by atoms with Crippen molar-refractivity contribution in [3.05, 3.63) is 70.8 Å². The fourth-order valence-electron chi connectivity index (χ4n) is 2.24. The fourth-order valence-corrected chi connectivity index (χ4v) is 2.24. The maximum atomic E-state index is 13.6. The molecule has 126 valence electrons. The third-order valence-electron chi connectivity index (χ3n) is 3.56. The van der Waals surface area contributed by atoms with E-state index in [0.717, 1.165) is 17.2 Å². The van der Waals surface area contributed by atoms with Gasteiger partial charge in [0.1, 0.15) is 17.7 Å². The summed E-state index contributed by atoms with van der Waals surface area (Å²) in [4.78, 5) is 23.3. The van der Waals surface area contributed by atoms with Crippen LogP contribution in [0.4, 0.5) is 8.78 Å². The Bertz CT molecular complexity index is 744. The van der Waals surface area contributed by atoms with E-state index in [9.17, 15) is 23.5 Å². The van der Waals surface area contributed by atoms with Gasteiger partial charge in [0.25, 0.3) is 0 Å². The molecule has 0 aliphatic carbocycles. The van der Waals surface area contributed by atoms with Gasteiger partial charge in [0.15, 0.2) is 0 Å². The Balaban J connectivity index is 2.02. The number of carboxylic acid groups (broad SMARTS) is 1. The van der Waals surface area contributed by atoms with Crippen molar-refractivity contribution >= 4 is 11.9 Å². The van der Waals surface area contributed by atoms with Crippen LogP contribution in [0.15, 0.2) is 42.5 Å². The maximum absolute atomic E-state index is 13.6. The molecule has 0 bridgehead atoms. The van der Waals surface area contributed by atoms with E-state index in [1.54, 1.807) is 12.1 Å². The molecule has 0 unspecified atom stereocenters. The summed E-state index contributed by atoms with van der Waals surface area (Å²) < 4.78 is 26.4. The van der Waals surface area contributed by atoms with E-state index in [0.29, 0.717) is 6.07 Å². The number of aliphatic carboxylic acids is 1. The quantitative estimate of drug-likeness (QED) is 0.854. The van der Waals surface area contributed by atoms with Crippen molar-refractivity contribution in [2.24, 2.45) is 0 Å². The van der Waals surface area contributed by atoms with Crippen LogP contribution in [-0.2, 0) is 22.4 Å². The first-order valence-electron chi connectivity index (χ1n) is 7.37. The monoisotopic (exact) mass is 333 g/mol. The van der Waals surface area contributed by atoms with Gasteiger partial charge in [-0.15, -0.1) is 0 Å². The highest BCUT2D eigenvalue weighted by molar-refractivity contribution is 5.85. The third-order valence-corrected chi connectivity index (χ3v) is 3.56. The lowest BCUT2D eigenvalue weighted by atomic mass is 10.0. The molecule has 0 saturated carbocycles. The second kappa shape index (κ2) is 7.68. The van der Waals surface area contributed by atoms with Gasteiger partial charge in [-0.25, -0.2) is 13.6 Å². The zero-order chi connectivity index (χ0) is 17.7. The van der Waals surface area contributed by atoms with E-state index in [2.05, 4.69) is 5.32 Å². The minimum Gasteiger partial charge on any atom is -0.480 e. The van der Waals surface area contributed by atoms with Crippen LogP contribution in [0.2, 0.25) is 0 Å². The number of hydrogen-bond donors (Lipinski definition) is 2. The van der Waals surface area contributed by atoms with Crippen LogP contribution in [0.5, 0.6) is 0 Å². The van der Waals surface area contributed by atoms with E-state index >= 15 is 0 Å². The van der Waals surface area contributed by atoms with Gasteiger partial charge in [-0.05, 0) is 24.1 Å². The summed E-state index contributed by atoms with van der Waals surface area (Å²) in [6, 6.07) is 9.06. The van der Waals surface area contributed by atoms with Crippen LogP contribution in [0.25, 0.3) is 0 Å². The predicted molar refractivity (Wildman–Crippen MR) is 84.5 cm³/mol. The minimum absolute atomic E-state index is 0.00775. The second-order valence-corrected chi connectivity index (χ2v) is 5.56. The number of amides is 1. The lowest BCUT2D eigenvalue weighted by Crippen LogP contribution is -2.43. The molecular formula is C18H17F2NO3. The molecule has 0 aliphatic rings. The van der Waals surface area contributed by atoms with Crippen molar-refractivity contribution < 1.29 is 23.5 Å². The van der Waals surface area contributed by atoms with E-state index in [-0.39, 0.29) is 18.4 Å². The second-order valence-electron chi connectivity index (χ2n) is 5.56. The summed E-state index contributed by atoms with van der Waals surface area (Å²) >= 11 is 0. The molecule has 6 heteroatoms. The highest BCUT2D eigenvalue weighted by atomic mass is 19.1. The topological polar surface area (TPSA) is 66.4 Å². The van der Waals surface area contributed by atoms with E-state index in [1.807, 2.05) is 19.1 Å². The molecule has 0 aliphatic heterocycles. The molecule has 2 rings (SSSR count). The Labute approximate surface area is 138 Å². The van der Waals surface area contributed by atoms with Gasteiger partial charge >= 0.3 is 5.97 Å². The van der Waals surface area contributed by atoms with Crippen molar-refractivity contribution in [2.45, 2.75) is 25.8 Å². The van der Waals surface area contributed by atoms with Crippen molar-refractivity contribution in [3.8, 4) is 0 Å². The highest BCUT2D eigenvalue weighted by Crippen LogP contribution is 2.11. The lowest BCUT2D eigenvalue weighted by Gasteiger charge is -2.15. The summed E-state index contributed by atoms with van der Waals surface area (Å²) in [5.41, 5.74) is 1.82. The van der Waals surface area contributed by atoms with Crippen LogP contribution >= 0.6 is 0 Å². The fraction of sp³-hybridized carbons (Fsp3) is 0.222. The SMILES string of the molecule is Cc1ccc(C[C@@H](NC(=O)Cc2ccc(F)cc2F)C(=O)O)cc1. The molecule has 0 radical (unpaired) electrons. The molecule has 0 fully saturated rings. The van der Waals surface area contributed by atoms with Crippen LogP contribution in [-0.4, -0.2) is 23.0 Å². The number of rotatable bonds is 6. The van der Waals surface area contributed by atoms with Crippen LogP contribution < -0.4 is 5.32 Å². The van der Waals surface area contributed by atoms with Gasteiger partial charge in [-0.2, -0.15) is 0 Å². The first-order valence-corrected chi connectivity index (χ1v) is 7.37. The Morgan fingerprint density at radius 1 is 1.12 bits per heavy atom. The number of aryl methyl sites for hydroxylation is 1. The number of carbonyl (C=O) groups is 2. The summed E-state index contributed by atoms with van der Waals surface area (Å²) in [6.45, 7) is 1.91. The Morgan fingerprint density at radius 3 is 2.38 bits per heavy atom. The highest BCUT2D eigenvalue weighted by Gasteiger charge is 2.21. The molecule has 1 atom stereocenters. The third kappa shape index (κ3) is 4.87. The first kappa shape index (κ1) is 17.6. The van der Waals surface area contributed by atoms with Crippen LogP contribution in [0, 0.1) is 18.6 Å². The standard InChI is InChI=1S/C18H17F2NO3/c1-11-2-4-12(5-3-11)8-16(18(23)24)21-17(22)9-13-6-7-14(19)10-15(13)20/h2-7,10,16H,8-9H2,1H3,(H,21,22)(H,23,24)/t16-/m1/s1. The van der Waals surface area contributed by atoms with Crippen LogP contribution in [0.1, 0.15) is 16.7 Å². The normalized spacial score (nSPS) is 11.8. The van der Waals surface area contributed by atoms with Crippen molar-refractivity contribution in [1.82, 2.24) is 5.32 Å². The predicted octanol–water partition coefficient (Wildman–Crippen LogP) is 2.63. The summed E-state index contributed by atoms with van der Waals surface area (Å²) in [5.74, 6) is -3.39. The summed E-state index contributed by atoms with van der Waals surface area (Å²) in [6.07, 6.45) is -0.239. The lowest BCUT2D eigenvalue weighted by molar-refractivity contribution is -0.141. The van der Waals surface area contributed by atoms with Gasteiger partial charge in [0.2, 0.25) is 5.91 Å². The largest absolute Gasteiger partial charge is 0.480 e. The number of benzene rings is 2. The molecule has 4 nitrogen and oxygen atoms in total. The molecule has 0 saturated heterocycles. The maximum Gasteiger partial charge on any atom is 0.326 e. The Hall–Kier alpha value is -2.76. The molecule has 0 aromatic heterocycles. The number of carboxylic acids is 1. The molecule has 2 aromatic rings. The average Bonchev–Trinajstić information content (AvgIpc) is 2.51. The van der Waals surface area contributed by atoms with Crippen molar-refractivity contribution in [2.75, 3.05) is 0 Å². The number of hydrogen-bond acceptors (Lipinski definition) is 2. The molecule has 2 N–H and O–H groups in total. The number of halogens is 2. The number of carbonyl (C=O) groups excluding carboxylic acids is 1. The number of nitrogens with one attached hydrogen (secondary N) is 1.